The number of pyridine rings is 1. The van der Waals surface area contributed by atoms with Gasteiger partial charge in [-0.3, -0.25) is 9.59 Å². The first kappa shape index (κ1) is 23.1. The number of carbonyl (C=O) groups excluding carboxylic acids is 1. The van der Waals surface area contributed by atoms with E-state index in [1.807, 2.05) is 12.1 Å². The first-order chi connectivity index (χ1) is 15.8. The van der Waals surface area contributed by atoms with E-state index in [1.54, 1.807) is 11.8 Å². The third-order valence-corrected chi connectivity index (χ3v) is 9.56. The molecule has 2 heterocycles. The fourth-order valence-corrected chi connectivity index (χ4v) is 8.03. The second-order valence-electron chi connectivity index (χ2n) is 10.9. The standard InChI is InChI=1S/C25H35N3O4S/c1-2-7-33-23-18(3-4-19(27-23)24(13-20(29)30)5-6-26-14-24)22(31)28-21-16-8-15-9-17(21)12-25(32,10-15)11-16/h3-4,15-17,21,26,32H,2,5-14H2,1H3,(H,28,31)(H,29,30)/t15?,16?,17?,21?,24-,25?/m1/s1. The van der Waals surface area contributed by atoms with E-state index in [9.17, 15) is 19.8 Å². The van der Waals surface area contributed by atoms with Crippen molar-refractivity contribution >= 4 is 23.6 Å². The second-order valence-corrected chi connectivity index (χ2v) is 12.0. The van der Waals surface area contributed by atoms with E-state index < -0.39 is 17.0 Å². The summed E-state index contributed by atoms with van der Waals surface area (Å²) in [6, 6.07) is 3.83. The summed E-state index contributed by atoms with van der Waals surface area (Å²) in [6.45, 7) is 3.46. The van der Waals surface area contributed by atoms with E-state index in [-0.39, 0.29) is 18.4 Å². The quantitative estimate of drug-likeness (QED) is 0.430. The Balaban J connectivity index is 1.39. The molecule has 6 rings (SSSR count). The molecular formula is C25H35N3O4S. The minimum Gasteiger partial charge on any atom is -0.481 e. The van der Waals surface area contributed by atoms with Crippen LogP contribution in [0, 0.1) is 17.8 Å². The van der Waals surface area contributed by atoms with Gasteiger partial charge in [0.2, 0.25) is 0 Å². The Kier molecular flexibility index (Phi) is 6.20. The van der Waals surface area contributed by atoms with Crippen molar-refractivity contribution in [2.45, 2.75) is 80.4 Å². The van der Waals surface area contributed by atoms with E-state index in [0.29, 0.717) is 34.9 Å². The van der Waals surface area contributed by atoms with Crippen LogP contribution in [0.1, 0.15) is 74.3 Å². The smallest absolute Gasteiger partial charge is 0.304 e. The maximum absolute atomic E-state index is 13.5. The predicted molar refractivity (Wildman–Crippen MR) is 126 cm³/mol. The molecule has 1 saturated heterocycles. The van der Waals surface area contributed by atoms with Crippen molar-refractivity contribution in [1.82, 2.24) is 15.6 Å². The van der Waals surface area contributed by atoms with Gasteiger partial charge in [-0.2, -0.15) is 0 Å². The molecular weight excluding hydrogens is 438 g/mol. The predicted octanol–water partition coefficient (Wildman–Crippen LogP) is 2.96. The van der Waals surface area contributed by atoms with Gasteiger partial charge in [0.05, 0.1) is 17.6 Å². The van der Waals surface area contributed by atoms with Crippen LogP contribution in [0.4, 0.5) is 0 Å². The van der Waals surface area contributed by atoms with Crippen LogP contribution in [0.2, 0.25) is 0 Å². The highest BCUT2D eigenvalue weighted by molar-refractivity contribution is 7.99. The zero-order valence-electron chi connectivity index (χ0n) is 19.3. The lowest BCUT2D eigenvalue weighted by molar-refractivity contribution is -0.138. The SMILES string of the molecule is CCCSc1nc([C@@]2(CC(=O)O)CCNC2)ccc1C(=O)NC1C2CC3CC1CC(O)(C3)C2. The maximum atomic E-state index is 13.5. The Hall–Kier alpha value is -1.64. The minimum atomic E-state index is -0.825. The molecule has 4 bridgehead atoms. The summed E-state index contributed by atoms with van der Waals surface area (Å²) in [4.78, 5) is 29.9. The molecule has 7 nitrogen and oxygen atoms in total. The zero-order chi connectivity index (χ0) is 23.2. The fourth-order valence-electron chi connectivity index (χ4n) is 7.16. The van der Waals surface area contributed by atoms with Crippen LogP contribution in [0.25, 0.3) is 0 Å². The number of carboxylic acid groups (broad SMARTS) is 1. The van der Waals surface area contributed by atoms with Gasteiger partial charge >= 0.3 is 5.97 Å². The van der Waals surface area contributed by atoms with Gasteiger partial charge in [0.15, 0.2) is 0 Å². The number of thioether (sulfide) groups is 1. The zero-order valence-corrected chi connectivity index (χ0v) is 20.1. The molecule has 0 spiro atoms. The number of nitrogens with one attached hydrogen (secondary N) is 2. The number of nitrogens with zero attached hydrogens (tertiary/aromatic N) is 1. The molecule has 1 aromatic heterocycles. The molecule has 4 aliphatic carbocycles. The Morgan fingerprint density at radius 1 is 1.24 bits per heavy atom. The molecule has 1 aromatic rings. The van der Waals surface area contributed by atoms with Crippen LogP contribution < -0.4 is 10.6 Å². The minimum absolute atomic E-state index is 0.0337. The summed E-state index contributed by atoms with van der Waals surface area (Å²) in [5.74, 6) is 1.25. The third kappa shape index (κ3) is 4.42. The number of carbonyl (C=O) groups is 2. The summed E-state index contributed by atoms with van der Waals surface area (Å²) in [5.41, 5.74) is 0.304. The number of hydrogen-bond acceptors (Lipinski definition) is 6. The van der Waals surface area contributed by atoms with Crippen molar-refractivity contribution in [3.63, 3.8) is 0 Å². The highest BCUT2D eigenvalue weighted by Gasteiger charge is 2.55. The van der Waals surface area contributed by atoms with Gasteiger partial charge in [0, 0.05) is 23.7 Å². The van der Waals surface area contributed by atoms with Crippen molar-refractivity contribution < 1.29 is 19.8 Å². The number of amides is 1. The van der Waals surface area contributed by atoms with E-state index in [2.05, 4.69) is 17.6 Å². The Bertz CT molecular complexity index is 916. The second kappa shape index (κ2) is 8.86. The average Bonchev–Trinajstić information content (AvgIpc) is 3.22. The van der Waals surface area contributed by atoms with Crippen molar-refractivity contribution in [2.24, 2.45) is 17.8 Å². The molecule has 1 aliphatic heterocycles. The number of aliphatic carboxylic acids is 1. The summed E-state index contributed by atoms with van der Waals surface area (Å²) in [7, 11) is 0. The molecule has 0 aromatic carbocycles. The molecule has 5 fully saturated rings. The topological polar surface area (TPSA) is 112 Å². The number of carboxylic acids is 1. The number of aromatic nitrogens is 1. The lowest BCUT2D eigenvalue weighted by Gasteiger charge is -2.58. The molecule has 4 saturated carbocycles. The van der Waals surface area contributed by atoms with Crippen LogP contribution in [0.5, 0.6) is 0 Å². The number of aliphatic hydroxyl groups is 1. The Morgan fingerprint density at radius 2 is 2.00 bits per heavy atom. The van der Waals surface area contributed by atoms with Crippen LogP contribution >= 0.6 is 11.8 Å². The van der Waals surface area contributed by atoms with Gasteiger partial charge < -0.3 is 20.8 Å². The molecule has 0 radical (unpaired) electrons. The lowest BCUT2D eigenvalue weighted by Crippen LogP contribution is -2.61. The summed E-state index contributed by atoms with van der Waals surface area (Å²) >= 11 is 1.58. The van der Waals surface area contributed by atoms with Crippen LogP contribution in [0.3, 0.4) is 0 Å². The Morgan fingerprint density at radius 3 is 2.61 bits per heavy atom. The van der Waals surface area contributed by atoms with Gasteiger partial charge in [-0.05, 0) is 87.1 Å². The van der Waals surface area contributed by atoms with E-state index in [4.69, 9.17) is 4.98 Å². The molecule has 4 N–H and O–H groups in total. The van der Waals surface area contributed by atoms with Gasteiger partial charge in [-0.15, -0.1) is 11.8 Å². The summed E-state index contributed by atoms with van der Waals surface area (Å²) < 4.78 is 0. The molecule has 5 aliphatic rings. The highest BCUT2D eigenvalue weighted by Crippen LogP contribution is 2.55. The molecule has 3 atom stereocenters. The Labute approximate surface area is 199 Å². The molecule has 33 heavy (non-hydrogen) atoms. The summed E-state index contributed by atoms with van der Waals surface area (Å²) in [5, 5.41) is 27.7. The van der Waals surface area contributed by atoms with Gasteiger partial charge in [-0.1, -0.05) is 6.92 Å². The van der Waals surface area contributed by atoms with Crippen molar-refractivity contribution in [2.75, 3.05) is 18.8 Å². The van der Waals surface area contributed by atoms with Gasteiger partial charge in [0.1, 0.15) is 5.03 Å². The monoisotopic (exact) mass is 473 g/mol. The van der Waals surface area contributed by atoms with Crippen molar-refractivity contribution in [3.05, 3.63) is 23.4 Å². The highest BCUT2D eigenvalue weighted by atomic mass is 32.2. The van der Waals surface area contributed by atoms with Crippen LogP contribution in [-0.4, -0.2) is 57.6 Å². The summed E-state index contributed by atoms with van der Waals surface area (Å²) in [6.07, 6.45) is 6.45. The van der Waals surface area contributed by atoms with Gasteiger partial charge in [0.25, 0.3) is 5.91 Å². The molecule has 180 valence electrons. The van der Waals surface area contributed by atoms with Crippen molar-refractivity contribution in [1.29, 1.82) is 0 Å². The lowest BCUT2D eigenvalue weighted by atomic mass is 9.52. The van der Waals surface area contributed by atoms with Gasteiger partial charge in [-0.25, -0.2) is 4.98 Å². The molecule has 1 amide bonds. The third-order valence-electron chi connectivity index (χ3n) is 8.36. The maximum Gasteiger partial charge on any atom is 0.304 e. The molecule has 8 heteroatoms. The number of hydrogen-bond donors (Lipinski definition) is 4. The van der Waals surface area contributed by atoms with E-state index in [0.717, 1.165) is 62.9 Å². The normalized spacial score (nSPS) is 36.8. The largest absolute Gasteiger partial charge is 0.481 e. The van der Waals surface area contributed by atoms with Crippen molar-refractivity contribution in [3.8, 4) is 0 Å². The van der Waals surface area contributed by atoms with E-state index in [1.165, 1.54) is 0 Å². The molecule has 2 unspecified atom stereocenters. The van der Waals surface area contributed by atoms with Crippen LogP contribution in [0.15, 0.2) is 17.2 Å². The van der Waals surface area contributed by atoms with Crippen LogP contribution in [-0.2, 0) is 10.2 Å². The average molecular weight is 474 g/mol. The first-order valence-corrected chi connectivity index (χ1v) is 13.4. The fraction of sp³-hybridized carbons (Fsp3) is 0.720. The first-order valence-electron chi connectivity index (χ1n) is 12.4. The number of rotatable bonds is 8. The van der Waals surface area contributed by atoms with E-state index >= 15 is 0 Å².